The van der Waals surface area contributed by atoms with Gasteiger partial charge in [-0.25, -0.2) is 0 Å². The van der Waals surface area contributed by atoms with Crippen LogP contribution in [0, 0.1) is 20.8 Å². The highest BCUT2D eigenvalue weighted by atomic mass is 79.9. The lowest BCUT2D eigenvalue weighted by Gasteiger charge is -2.05. The van der Waals surface area contributed by atoms with E-state index < -0.39 is 0 Å². The zero-order chi connectivity index (χ0) is 11.7. The molecule has 1 heterocycles. The van der Waals surface area contributed by atoms with E-state index in [0.717, 1.165) is 16.7 Å². The highest BCUT2D eigenvalue weighted by Gasteiger charge is 2.07. The largest absolute Gasteiger partial charge is 0.265 e. The van der Waals surface area contributed by atoms with Gasteiger partial charge in [0.15, 0.2) is 0 Å². The summed E-state index contributed by atoms with van der Waals surface area (Å²) in [6, 6.07) is 8.37. The summed E-state index contributed by atoms with van der Waals surface area (Å²) in [5, 5.41) is 4.53. The van der Waals surface area contributed by atoms with Crippen molar-refractivity contribution >= 4 is 15.9 Å². The van der Waals surface area contributed by atoms with Gasteiger partial charge >= 0.3 is 0 Å². The summed E-state index contributed by atoms with van der Waals surface area (Å²) in [6.45, 7) is 7.14. The maximum absolute atomic E-state index is 4.53. The fraction of sp³-hybridized carbons (Fsp3) is 0.308. The van der Waals surface area contributed by atoms with E-state index in [-0.39, 0.29) is 0 Å². The molecule has 0 saturated carbocycles. The summed E-state index contributed by atoms with van der Waals surface area (Å²) in [7, 11) is 0. The Morgan fingerprint density at radius 1 is 1.12 bits per heavy atom. The summed E-state index contributed by atoms with van der Waals surface area (Å²) in [4.78, 5) is 0. The van der Waals surface area contributed by atoms with Crippen LogP contribution in [-0.2, 0) is 6.54 Å². The van der Waals surface area contributed by atoms with Crippen molar-refractivity contribution in [1.82, 2.24) is 9.78 Å². The van der Waals surface area contributed by atoms with Crippen molar-refractivity contribution in [2.75, 3.05) is 0 Å². The maximum atomic E-state index is 4.53. The molecule has 1 aromatic heterocycles. The third kappa shape index (κ3) is 2.19. The van der Waals surface area contributed by atoms with Gasteiger partial charge in [-0.3, -0.25) is 4.68 Å². The fourth-order valence-electron chi connectivity index (χ4n) is 1.70. The molecule has 0 atom stereocenters. The maximum Gasteiger partial charge on any atom is 0.0662 e. The predicted octanol–water partition coefficient (Wildman–Crippen LogP) is 3.62. The van der Waals surface area contributed by atoms with Gasteiger partial charge in [0.1, 0.15) is 0 Å². The van der Waals surface area contributed by atoms with Crippen LogP contribution in [-0.4, -0.2) is 9.78 Å². The first kappa shape index (κ1) is 11.4. The Balaban J connectivity index is 2.27. The normalized spacial score (nSPS) is 10.8. The van der Waals surface area contributed by atoms with Crippen LogP contribution in [0.15, 0.2) is 28.7 Å². The zero-order valence-corrected chi connectivity index (χ0v) is 11.4. The molecule has 0 aliphatic heterocycles. The Morgan fingerprint density at radius 2 is 1.75 bits per heavy atom. The van der Waals surface area contributed by atoms with Crippen LogP contribution in [0.1, 0.15) is 22.5 Å². The predicted molar refractivity (Wildman–Crippen MR) is 69.7 cm³/mol. The molecule has 0 aliphatic carbocycles. The highest BCUT2D eigenvalue weighted by molar-refractivity contribution is 9.10. The van der Waals surface area contributed by atoms with Gasteiger partial charge in [-0.05, 0) is 44.0 Å². The Bertz CT molecular complexity index is 497. The van der Waals surface area contributed by atoms with Crippen LogP contribution in [0.5, 0.6) is 0 Å². The Hall–Kier alpha value is -1.09. The summed E-state index contributed by atoms with van der Waals surface area (Å²) in [5.74, 6) is 0. The summed E-state index contributed by atoms with van der Waals surface area (Å²) < 4.78 is 3.18. The number of nitrogens with zero attached hydrogens (tertiary/aromatic N) is 2. The first-order valence-electron chi connectivity index (χ1n) is 5.33. The third-order valence-corrected chi connectivity index (χ3v) is 3.52. The molecule has 0 radical (unpaired) electrons. The van der Waals surface area contributed by atoms with E-state index in [1.165, 1.54) is 16.8 Å². The molecule has 0 spiro atoms. The van der Waals surface area contributed by atoms with E-state index in [2.05, 4.69) is 70.7 Å². The van der Waals surface area contributed by atoms with E-state index in [0.29, 0.717) is 0 Å². The summed E-state index contributed by atoms with van der Waals surface area (Å²) >= 11 is 3.44. The second-order valence-corrected chi connectivity index (χ2v) is 5.00. The molecule has 2 rings (SSSR count). The van der Waals surface area contributed by atoms with Crippen LogP contribution in [0.4, 0.5) is 0 Å². The van der Waals surface area contributed by atoms with Gasteiger partial charge in [0.2, 0.25) is 0 Å². The van der Waals surface area contributed by atoms with Crippen molar-refractivity contribution in [2.24, 2.45) is 0 Å². The molecule has 0 unspecified atom stereocenters. The van der Waals surface area contributed by atoms with Gasteiger partial charge in [0.25, 0.3) is 0 Å². The van der Waals surface area contributed by atoms with Crippen molar-refractivity contribution in [2.45, 2.75) is 27.3 Å². The van der Waals surface area contributed by atoms with Crippen molar-refractivity contribution in [3.05, 3.63) is 51.3 Å². The lowest BCUT2D eigenvalue weighted by molar-refractivity contribution is 0.658. The first-order valence-corrected chi connectivity index (χ1v) is 6.12. The van der Waals surface area contributed by atoms with Crippen molar-refractivity contribution in [3.63, 3.8) is 0 Å². The molecule has 2 nitrogen and oxygen atoms in total. The molecule has 0 N–H and O–H groups in total. The Morgan fingerprint density at radius 3 is 2.25 bits per heavy atom. The van der Waals surface area contributed by atoms with Crippen molar-refractivity contribution in [3.8, 4) is 0 Å². The molecular weight excluding hydrogens is 264 g/mol. The molecule has 84 valence electrons. The quantitative estimate of drug-likeness (QED) is 0.821. The first-order chi connectivity index (χ1) is 7.58. The SMILES string of the molecule is Cc1nn(Cc2ccc(Br)cc2)c(C)c1C. The summed E-state index contributed by atoms with van der Waals surface area (Å²) in [5.41, 5.74) is 4.93. The molecule has 16 heavy (non-hydrogen) atoms. The Kier molecular flexibility index (Phi) is 3.15. The number of halogens is 1. The van der Waals surface area contributed by atoms with Gasteiger partial charge in [-0.15, -0.1) is 0 Å². The molecule has 0 amide bonds. The van der Waals surface area contributed by atoms with Crippen molar-refractivity contribution < 1.29 is 0 Å². The van der Waals surface area contributed by atoms with E-state index >= 15 is 0 Å². The lowest BCUT2D eigenvalue weighted by Crippen LogP contribution is -2.03. The minimum atomic E-state index is 0.841. The molecule has 0 bridgehead atoms. The minimum absolute atomic E-state index is 0.841. The van der Waals surface area contributed by atoms with E-state index in [4.69, 9.17) is 0 Å². The van der Waals surface area contributed by atoms with Crippen LogP contribution < -0.4 is 0 Å². The van der Waals surface area contributed by atoms with Crippen LogP contribution in [0.2, 0.25) is 0 Å². The van der Waals surface area contributed by atoms with Gasteiger partial charge in [0, 0.05) is 10.2 Å². The molecule has 0 saturated heterocycles. The highest BCUT2D eigenvalue weighted by Crippen LogP contribution is 2.15. The molecule has 0 aliphatic rings. The number of rotatable bonds is 2. The fourth-order valence-corrected chi connectivity index (χ4v) is 1.97. The van der Waals surface area contributed by atoms with Gasteiger partial charge < -0.3 is 0 Å². The average molecular weight is 279 g/mol. The van der Waals surface area contributed by atoms with E-state index in [1.807, 2.05) is 0 Å². The number of hydrogen-bond donors (Lipinski definition) is 0. The number of aryl methyl sites for hydroxylation is 1. The monoisotopic (exact) mass is 278 g/mol. The topological polar surface area (TPSA) is 17.8 Å². The van der Waals surface area contributed by atoms with E-state index in [1.54, 1.807) is 0 Å². The second kappa shape index (κ2) is 4.42. The number of benzene rings is 1. The summed E-state index contributed by atoms with van der Waals surface area (Å²) in [6.07, 6.45) is 0. The van der Waals surface area contributed by atoms with Gasteiger partial charge in [-0.2, -0.15) is 5.10 Å². The molecule has 3 heteroatoms. The zero-order valence-electron chi connectivity index (χ0n) is 9.79. The second-order valence-electron chi connectivity index (χ2n) is 4.08. The number of aromatic nitrogens is 2. The molecule has 2 aromatic rings. The van der Waals surface area contributed by atoms with Crippen molar-refractivity contribution in [1.29, 1.82) is 0 Å². The molecular formula is C13H15BrN2. The van der Waals surface area contributed by atoms with Crippen LogP contribution >= 0.6 is 15.9 Å². The average Bonchev–Trinajstić information content (AvgIpc) is 2.50. The molecule has 1 aromatic carbocycles. The standard InChI is InChI=1S/C13H15BrN2/c1-9-10(2)15-16(11(9)3)8-12-4-6-13(14)7-5-12/h4-7H,8H2,1-3H3. The van der Waals surface area contributed by atoms with Gasteiger partial charge in [-0.1, -0.05) is 28.1 Å². The third-order valence-electron chi connectivity index (χ3n) is 2.99. The lowest BCUT2D eigenvalue weighted by atomic mass is 10.2. The van der Waals surface area contributed by atoms with Crippen LogP contribution in [0.3, 0.4) is 0 Å². The van der Waals surface area contributed by atoms with Crippen LogP contribution in [0.25, 0.3) is 0 Å². The molecule has 0 fully saturated rings. The Labute approximate surface area is 104 Å². The van der Waals surface area contributed by atoms with E-state index in [9.17, 15) is 0 Å². The van der Waals surface area contributed by atoms with Gasteiger partial charge in [0.05, 0.1) is 12.2 Å². The number of hydrogen-bond acceptors (Lipinski definition) is 1. The minimum Gasteiger partial charge on any atom is -0.265 e. The smallest absolute Gasteiger partial charge is 0.0662 e.